The first-order valence-electron chi connectivity index (χ1n) is 22.4. The first kappa shape index (κ1) is 50.1. The van der Waals surface area contributed by atoms with E-state index in [1.54, 1.807) is 6.92 Å². The Morgan fingerprint density at radius 2 is 1.25 bits per heavy atom. The maximum absolute atomic E-state index is 12.7. The van der Waals surface area contributed by atoms with E-state index in [2.05, 4.69) is 102 Å². The zero-order chi connectivity index (χ0) is 45.6. The SMILES string of the molecule is C=C(C[C@@H]1CC[C@H]2[C@]1(N)CCS2(C)C(=C)NCC1(C)CC(NC(=C)OCCOC(=C)C(=C)C)CC(C)(C)C1)NCC1(C)CC(NC(=O)OCCOC(=O)C(=C)C)CC(C)(C)C1. The van der Waals surface area contributed by atoms with Crippen LogP contribution in [0.2, 0.25) is 0 Å². The summed E-state index contributed by atoms with van der Waals surface area (Å²) in [4.78, 5) is 24.3. The highest BCUT2D eigenvalue weighted by atomic mass is 32.3. The first-order chi connectivity index (χ1) is 28.2. The summed E-state index contributed by atoms with van der Waals surface area (Å²) in [6.07, 6.45) is 11.9. The Balaban J connectivity index is 1.26. The highest BCUT2D eigenvalue weighted by molar-refractivity contribution is 8.37. The van der Waals surface area contributed by atoms with Crippen LogP contribution in [0.15, 0.2) is 73.0 Å². The Labute approximate surface area is 370 Å². The number of fused-ring (bicyclic) bond motifs is 1. The molecule has 6 N–H and O–H groups in total. The van der Waals surface area contributed by atoms with Gasteiger partial charge >= 0.3 is 12.1 Å². The second-order valence-corrected chi connectivity index (χ2v) is 25.4. The third-order valence-corrected chi connectivity index (χ3v) is 18.1. The fourth-order valence-electron chi connectivity index (χ4n) is 11.6. The van der Waals surface area contributed by atoms with Crippen molar-refractivity contribution in [3.8, 4) is 0 Å². The van der Waals surface area contributed by atoms with Crippen LogP contribution in [-0.4, -0.2) is 86.5 Å². The molecule has 4 fully saturated rings. The van der Waals surface area contributed by atoms with Gasteiger partial charge in [-0.3, -0.25) is 0 Å². The van der Waals surface area contributed by atoms with Gasteiger partial charge in [-0.25, -0.2) is 9.59 Å². The molecule has 4 rings (SSSR count). The van der Waals surface area contributed by atoms with E-state index < -0.39 is 22.1 Å². The van der Waals surface area contributed by atoms with Crippen LogP contribution < -0.4 is 27.0 Å². The van der Waals surface area contributed by atoms with Crippen molar-refractivity contribution in [3.63, 3.8) is 0 Å². The molecule has 1 heterocycles. The minimum absolute atomic E-state index is 0.00505. The average molecular weight is 870 g/mol. The highest BCUT2D eigenvalue weighted by Crippen LogP contribution is 2.69. The van der Waals surface area contributed by atoms with Gasteiger partial charge in [-0.15, -0.1) is 0 Å². The number of hydrogen-bond acceptors (Lipinski definition) is 10. The Hall–Kier alpha value is -3.51. The maximum atomic E-state index is 12.7. The number of allylic oxidation sites excluding steroid dienone is 2. The molecule has 12 heteroatoms. The van der Waals surface area contributed by atoms with Gasteiger partial charge in [0, 0.05) is 52.3 Å². The molecule has 3 aliphatic carbocycles. The Kier molecular flexibility index (Phi) is 16.4. The summed E-state index contributed by atoms with van der Waals surface area (Å²) in [5.41, 5.74) is 9.62. The summed E-state index contributed by atoms with van der Waals surface area (Å²) >= 11 is 0. The molecule has 5 unspecified atom stereocenters. The molecule has 0 aromatic rings. The van der Waals surface area contributed by atoms with Crippen molar-refractivity contribution in [1.29, 1.82) is 0 Å². The Morgan fingerprint density at radius 1 is 0.705 bits per heavy atom. The third kappa shape index (κ3) is 13.7. The predicted molar refractivity (Wildman–Crippen MR) is 253 cm³/mol. The van der Waals surface area contributed by atoms with Crippen LogP contribution in [0, 0.1) is 27.6 Å². The molecule has 346 valence electrons. The normalized spacial score (nSPS) is 33.3. The van der Waals surface area contributed by atoms with Crippen LogP contribution >= 0.6 is 10.0 Å². The van der Waals surface area contributed by atoms with E-state index in [4.69, 9.17) is 31.3 Å². The zero-order valence-corrected chi connectivity index (χ0v) is 40.3. The minimum atomic E-state index is -1.21. The maximum Gasteiger partial charge on any atom is 0.407 e. The van der Waals surface area contributed by atoms with Crippen molar-refractivity contribution in [3.05, 3.63) is 73.0 Å². The summed E-state index contributed by atoms with van der Waals surface area (Å²) in [5.74, 6) is 2.13. The summed E-state index contributed by atoms with van der Waals surface area (Å²) in [7, 11) is -1.21. The van der Waals surface area contributed by atoms with Gasteiger partial charge in [0.25, 0.3) is 0 Å². The standard InChI is InChI=1S/C49H83N5O6S/c1-33(2)36(6)57-19-20-58-37(7)53-40-25-45(9,10)30-48(14,27-40)32-52-38(8)61(15)23-18-49(50)39(16-17-42(49)61)24-35(5)51-31-47(13)28-41(26-46(11,12)29-47)54-44(56)60-22-21-59-43(55)34(3)4/h39-42,51-53H,1,3,5-8,16-32,50H2,2,4,9-15H3,(H,54,56)/t39-,40?,41?,42-,47?,48?,49-/m0/s1. The van der Waals surface area contributed by atoms with Crippen LogP contribution in [0.1, 0.15) is 120 Å². The van der Waals surface area contributed by atoms with Crippen LogP contribution in [0.25, 0.3) is 0 Å². The molecule has 0 bridgehead atoms. The summed E-state index contributed by atoms with van der Waals surface area (Å²) in [6.45, 7) is 44.5. The van der Waals surface area contributed by atoms with Gasteiger partial charge in [0.1, 0.15) is 32.2 Å². The molecule has 3 saturated carbocycles. The number of hydrogen-bond donors (Lipinski definition) is 5. The van der Waals surface area contributed by atoms with E-state index in [0.29, 0.717) is 41.6 Å². The number of alkyl carbamates (subject to hydrolysis) is 1. The van der Waals surface area contributed by atoms with E-state index in [0.717, 1.165) is 94.3 Å². The monoisotopic (exact) mass is 870 g/mol. The molecule has 8 atom stereocenters. The lowest BCUT2D eigenvalue weighted by Crippen LogP contribution is -2.51. The van der Waals surface area contributed by atoms with Gasteiger partial charge in [-0.2, -0.15) is 10.0 Å². The van der Waals surface area contributed by atoms with Gasteiger partial charge in [0.15, 0.2) is 5.88 Å². The molecule has 1 saturated heterocycles. The van der Waals surface area contributed by atoms with Gasteiger partial charge in [0.05, 0.1) is 0 Å². The summed E-state index contributed by atoms with van der Waals surface area (Å²) < 4.78 is 21.9. The van der Waals surface area contributed by atoms with Gasteiger partial charge < -0.3 is 45.9 Å². The highest BCUT2D eigenvalue weighted by Gasteiger charge is 2.58. The Bertz CT molecular complexity index is 1690. The number of ether oxygens (including phenoxy) is 4. The molecule has 1 amide bonds. The van der Waals surface area contributed by atoms with Crippen molar-refractivity contribution in [2.45, 2.75) is 142 Å². The lowest BCUT2D eigenvalue weighted by molar-refractivity contribution is -0.139. The topological polar surface area (TPSA) is 145 Å². The van der Waals surface area contributed by atoms with E-state index in [1.807, 2.05) is 6.92 Å². The lowest BCUT2D eigenvalue weighted by Gasteiger charge is -2.49. The van der Waals surface area contributed by atoms with E-state index in [9.17, 15) is 9.59 Å². The Morgan fingerprint density at radius 3 is 1.84 bits per heavy atom. The number of rotatable bonds is 22. The van der Waals surface area contributed by atoms with Crippen LogP contribution in [0.3, 0.4) is 0 Å². The van der Waals surface area contributed by atoms with Crippen molar-refractivity contribution in [1.82, 2.24) is 21.3 Å². The van der Waals surface area contributed by atoms with Gasteiger partial charge in [-0.1, -0.05) is 74.4 Å². The summed E-state index contributed by atoms with van der Waals surface area (Å²) in [6, 6.07) is 0.213. The van der Waals surface area contributed by atoms with Crippen LogP contribution in [0.4, 0.5) is 4.79 Å². The van der Waals surface area contributed by atoms with E-state index in [1.165, 1.54) is 5.03 Å². The van der Waals surface area contributed by atoms with Crippen LogP contribution in [0.5, 0.6) is 0 Å². The lowest BCUT2D eigenvalue weighted by atomic mass is 9.62. The number of amides is 1. The number of nitrogens with one attached hydrogen (secondary N) is 4. The molecule has 4 aliphatic rings. The number of carbonyl (C=O) groups excluding carboxylic acids is 2. The number of esters is 1. The molecule has 0 spiro atoms. The molecule has 11 nitrogen and oxygen atoms in total. The average Bonchev–Trinajstić information content (AvgIpc) is 3.60. The van der Waals surface area contributed by atoms with E-state index >= 15 is 0 Å². The van der Waals surface area contributed by atoms with Crippen molar-refractivity contribution in [2.24, 2.45) is 33.3 Å². The van der Waals surface area contributed by atoms with Crippen molar-refractivity contribution >= 4 is 22.1 Å². The second-order valence-electron chi connectivity index (χ2n) is 21.6. The molecule has 0 aromatic carbocycles. The largest absolute Gasteiger partial charge is 0.490 e. The molecule has 61 heavy (non-hydrogen) atoms. The quantitative estimate of drug-likeness (QED) is 0.0235. The molecule has 0 aromatic heterocycles. The predicted octanol–water partition coefficient (Wildman–Crippen LogP) is 9.05. The van der Waals surface area contributed by atoms with Crippen molar-refractivity contribution < 1.29 is 28.5 Å². The van der Waals surface area contributed by atoms with Gasteiger partial charge in [-0.05, 0) is 130 Å². The minimum Gasteiger partial charge on any atom is -0.490 e. The molecule has 0 radical (unpaired) electrons. The van der Waals surface area contributed by atoms with E-state index in [-0.39, 0.29) is 52.5 Å². The fourth-order valence-corrected chi connectivity index (χ4v) is 15.6. The second kappa shape index (κ2) is 19.9. The smallest absolute Gasteiger partial charge is 0.407 e. The molecule has 1 aliphatic heterocycles. The first-order valence-corrected chi connectivity index (χ1v) is 24.7. The summed E-state index contributed by atoms with van der Waals surface area (Å²) in [5, 5.41) is 15.9. The van der Waals surface area contributed by atoms with Gasteiger partial charge in [0.2, 0.25) is 0 Å². The molecular formula is C49H83N5O6S. The van der Waals surface area contributed by atoms with Crippen molar-refractivity contribution in [2.75, 3.05) is 51.5 Å². The number of carbonyl (C=O) groups is 2. The number of nitrogens with two attached hydrogens (primary N) is 1. The van der Waals surface area contributed by atoms with Crippen LogP contribution in [-0.2, 0) is 23.7 Å². The zero-order valence-electron chi connectivity index (χ0n) is 39.5. The fraction of sp³-hybridized carbons (Fsp3) is 0.714. The molecular weight excluding hydrogens is 787 g/mol. The third-order valence-electron chi connectivity index (χ3n) is 13.8.